The summed E-state index contributed by atoms with van der Waals surface area (Å²) in [7, 11) is 5.95. The standard InChI is InChI=1S/C14H18O5/c1-16-12-8-6-10(9-13(12)17-2)5-7-11(15)14(18-3)19-4/h5-9,14H,1-4H3/b7-5+. The van der Waals surface area contributed by atoms with Crippen LogP contribution >= 0.6 is 0 Å². The van der Waals surface area contributed by atoms with E-state index in [9.17, 15) is 4.79 Å². The van der Waals surface area contributed by atoms with Crippen molar-refractivity contribution in [1.82, 2.24) is 0 Å². The Morgan fingerprint density at radius 1 is 1.05 bits per heavy atom. The number of benzene rings is 1. The number of ether oxygens (including phenoxy) is 4. The Bertz CT molecular complexity index is 449. The summed E-state index contributed by atoms with van der Waals surface area (Å²) in [5, 5.41) is 0. The molecule has 0 atom stereocenters. The van der Waals surface area contributed by atoms with Crippen molar-refractivity contribution in [2.75, 3.05) is 28.4 Å². The Morgan fingerprint density at radius 3 is 2.21 bits per heavy atom. The first kappa shape index (κ1) is 15.2. The van der Waals surface area contributed by atoms with Gasteiger partial charge in [0, 0.05) is 14.2 Å². The average Bonchev–Trinajstić information content (AvgIpc) is 2.45. The number of rotatable bonds is 7. The van der Waals surface area contributed by atoms with Crippen molar-refractivity contribution >= 4 is 11.9 Å². The minimum Gasteiger partial charge on any atom is -0.493 e. The van der Waals surface area contributed by atoms with E-state index in [-0.39, 0.29) is 5.78 Å². The van der Waals surface area contributed by atoms with Gasteiger partial charge in [0.1, 0.15) is 0 Å². The minimum atomic E-state index is -0.878. The summed E-state index contributed by atoms with van der Waals surface area (Å²) in [6, 6.07) is 5.37. The first-order chi connectivity index (χ1) is 9.15. The predicted molar refractivity (Wildman–Crippen MR) is 71.4 cm³/mol. The van der Waals surface area contributed by atoms with E-state index in [0.717, 1.165) is 5.56 Å². The normalized spacial score (nSPS) is 11.0. The molecule has 104 valence electrons. The molecular weight excluding hydrogens is 248 g/mol. The third-order valence-corrected chi connectivity index (χ3v) is 2.51. The zero-order chi connectivity index (χ0) is 14.3. The SMILES string of the molecule is COc1ccc(/C=C/C(=O)C(OC)OC)cc1OC. The molecule has 0 N–H and O–H groups in total. The molecule has 0 amide bonds. The summed E-state index contributed by atoms with van der Waals surface area (Å²) in [6.45, 7) is 0. The second kappa shape index (κ2) is 7.56. The monoisotopic (exact) mass is 266 g/mol. The summed E-state index contributed by atoms with van der Waals surface area (Å²) in [5.41, 5.74) is 0.817. The van der Waals surface area contributed by atoms with E-state index in [1.165, 1.54) is 20.3 Å². The lowest BCUT2D eigenvalue weighted by molar-refractivity contribution is -0.151. The smallest absolute Gasteiger partial charge is 0.221 e. The van der Waals surface area contributed by atoms with Gasteiger partial charge in [-0.3, -0.25) is 4.79 Å². The summed E-state index contributed by atoms with van der Waals surface area (Å²) in [5.74, 6) is 0.976. The maximum atomic E-state index is 11.7. The Kier molecular flexibility index (Phi) is 6.05. The second-order valence-corrected chi connectivity index (χ2v) is 3.65. The van der Waals surface area contributed by atoms with E-state index in [2.05, 4.69) is 0 Å². The van der Waals surface area contributed by atoms with Crippen LogP contribution in [0.5, 0.6) is 11.5 Å². The molecule has 0 heterocycles. The van der Waals surface area contributed by atoms with Gasteiger partial charge in [0.25, 0.3) is 0 Å². The molecule has 0 bridgehead atoms. The van der Waals surface area contributed by atoms with E-state index in [1.54, 1.807) is 32.4 Å². The number of methoxy groups -OCH3 is 4. The lowest BCUT2D eigenvalue weighted by Gasteiger charge is -2.09. The number of carbonyl (C=O) groups is 1. The lowest BCUT2D eigenvalue weighted by Crippen LogP contribution is -2.22. The van der Waals surface area contributed by atoms with Crippen molar-refractivity contribution in [3.63, 3.8) is 0 Å². The zero-order valence-corrected chi connectivity index (χ0v) is 11.5. The quantitative estimate of drug-likeness (QED) is 0.557. The highest BCUT2D eigenvalue weighted by Gasteiger charge is 2.13. The third-order valence-electron chi connectivity index (χ3n) is 2.51. The van der Waals surface area contributed by atoms with Crippen LogP contribution in [0.25, 0.3) is 6.08 Å². The number of hydrogen-bond donors (Lipinski definition) is 0. The van der Waals surface area contributed by atoms with Crippen LogP contribution in [0, 0.1) is 0 Å². The van der Waals surface area contributed by atoms with Crippen LogP contribution in [0.15, 0.2) is 24.3 Å². The summed E-state index contributed by atoms with van der Waals surface area (Å²) in [4.78, 5) is 11.7. The van der Waals surface area contributed by atoms with Crippen LogP contribution in [0.3, 0.4) is 0 Å². The van der Waals surface area contributed by atoms with Gasteiger partial charge in [-0.2, -0.15) is 0 Å². The van der Waals surface area contributed by atoms with Crippen LogP contribution in [-0.4, -0.2) is 40.5 Å². The Hall–Kier alpha value is -1.85. The maximum absolute atomic E-state index is 11.7. The topological polar surface area (TPSA) is 54.0 Å². The summed E-state index contributed by atoms with van der Waals surface area (Å²) >= 11 is 0. The van der Waals surface area contributed by atoms with Crippen molar-refractivity contribution in [2.24, 2.45) is 0 Å². The van der Waals surface area contributed by atoms with Gasteiger partial charge in [0.2, 0.25) is 12.1 Å². The van der Waals surface area contributed by atoms with Crippen LogP contribution in [0.4, 0.5) is 0 Å². The molecule has 1 rings (SSSR count). The molecule has 5 heteroatoms. The third kappa shape index (κ3) is 4.08. The van der Waals surface area contributed by atoms with Gasteiger partial charge in [0.05, 0.1) is 14.2 Å². The molecule has 0 aliphatic heterocycles. The molecule has 5 nitrogen and oxygen atoms in total. The van der Waals surface area contributed by atoms with E-state index in [4.69, 9.17) is 18.9 Å². The highest BCUT2D eigenvalue weighted by molar-refractivity contribution is 5.96. The van der Waals surface area contributed by atoms with Crippen molar-refractivity contribution < 1.29 is 23.7 Å². The molecule has 0 radical (unpaired) electrons. The predicted octanol–water partition coefficient (Wildman–Crippen LogP) is 1.91. The van der Waals surface area contributed by atoms with Crippen molar-refractivity contribution in [3.8, 4) is 11.5 Å². The molecule has 0 aliphatic carbocycles. The molecule has 0 saturated carbocycles. The molecule has 19 heavy (non-hydrogen) atoms. The molecule has 0 spiro atoms. The highest BCUT2D eigenvalue weighted by atomic mass is 16.7. The summed E-state index contributed by atoms with van der Waals surface area (Å²) in [6.07, 6.45) is 2.19. The van der Waals surface area contributed by atoms with Crippen molar-refractivity contribution in [2.45, 2.75) is 6.29 Å². The molecule has 0 fully saturated rings. The molecule has 0 unspecified atom stereocenters. The van der Waals surface area contributed by atoms with E-state index < -0.39 is 6.29 Å². The van der Waals surface area contributed by atoms with Crippen LogP contribution in [0.1, 0.15) is 5.56 Å². The van der Waals surface area contributed by atoms with Crippen LogP contribution in [-0.2, 0) is 14.3 Å². The van der Waals surface area contributed by atoms with E-state index in [1.807, 2.05) is 6.07 Å². The van der Waals surface area contributed by atoms with Crippen molar-refractivity contribution in [3.05, 3.63) is 29.8 Å². The number of ketones is 1. The van der Waals surface area contributed by atoms with Gasteiger partial charge in [-0.25, -0.2) is 0 Å². The van der Waals surface area contributed by atoms with E-state index >= 15 is 0 Å². The molecule has 0 aliphatic rings. The number of carbonyl (C=O) groups excluding carboxylic acids is 1. The molecule has 1 aromatic rings. The fourth-order valence-electron chi connectivity index (χ4n) is 1.54. The second-order valence-electron chi connectivity index (χ2n) is 3.65. The van der Waals surface area contributed by atoms with Crippen LogP contribution < -0.4 is 9.47 Å². The largest absolute Gasteiger partial charge is 0.493 e. The molecule has 0 saturated heterocycles. The maximum Gasteiger partial charge on any atom is 0.221 e. The fraction of sp³-hybridized carbons (Fsp3) is 0.357. The molecule has 1 aromatic carbocycles. The molecule has 0 aromatic heterocycles. The van der Waals surface area contributed by atoms with Gasteiger partial charge in [-0.15, -0.1) is 0 Å². The first-order valence-corrected chi connectivity index (χ1v) is 5.65. The first-order valence-electron chi connectivity index (χ1n) is 5.65. The fourth-order valence-corrected chi connectivity index (χ4v) is 1.54. The van der Waals surface area contributed by atoms with E-state index in [0.29, 0.717) is 11.5 Å². The minimum absolute atomic E-state index is 0.264. The lowest BCUT2D eigenvalue weighted by atomic mass is 10.1. The van der Waals surface area contributed by atoms with Gasteiger partial charge >= 0.3 is 0 Å². The molecular formula is C14H18O5. The average molecular weight is 266 g/mol. The van der Waals surface area contributed by atoms with Gasteiger partial charge < -0.3 is 18.9 Å². The van der Waals surface area contributed by atoms with Crippen molar-refractivity contribution in [1.29, 1.82) is 0 Å². The zero-order valence-electron chi connectivity index (χ0n) is 11.5. The van der Waals surface area contributed by atoms with Gasteiger partial charge in [-0.05, 0) is 23.8 Å². The Balaban J connectivity index is 2.85. The van der Waals surface area contributed by atoms with Gasteiger partial charge in [-0.1, -0.05) is 12.1 Å². The van der Waals surface area contributed by atoms with Crippen LogP contribution in [0.2, 0.25) is 0 Å². The Labute approximate surface area is 112 Å². The number of hydrogen-bond acceptors (Lipinski definition) is 5. The highest BCUT2D eigenvalue weighted by Crippen LogP contribution is 2.27. The Morgan fingerprint density at radius 2 is 1.68 bits per heavy atom. The van der Waals surface area contributed by atoms with Gasteiger partial charge in [0.15, 0.2) is 11.5 Å². The summed E-state index contributed by atoms with van der Waals surface area (Å²) < 4.78 is 20.0.